The minimum atomic E-state index is -3.79. The largest absolute Gasteiger partial charge is 0.497 e. The molecule has 7 heteroatoms. The standard InChI is InChI=1S/C19H28N2O4S/c1-4-13-21(14-19(22)20-16-7-5-15(2)6-8-16)26(23,24)18-11-9-17(25-3)10-12-18/h4,9-12,15-16H,1,5-8,13-14H2,2-3H3,(H,20,22). The van der Waals surface area contributed by atoms with E-state index in [0.717, 1.165) is 30.0 Å². The van der Waals surface area contributed by atoms with Crippen LogP contribution in [0.4, 0.5) is 0 Å². The Morgan fingerprint density at radius 3 is 2.42 bits per heavy atom. The highest BCUT2D eigenvalue weighted by molar-refractivity contribution is 7.89. The second kappa shape index (κ2) is 9.19. The van der Waals surface area contributed by atoms with Crippen LogP contribution < -0.4 is 10.1 Å². The molecule has 1 aromatic rings. The molecular formula is C19H28N2O4S. The number of ether oxygens (including phenoxy) is 1. The third-order valence-corrected chi connectivity index (χ3v) is 6.56. The Morgan fingerprint density at radius 1 is 1.27 bits per heavy atom. The van der Waals surface area contributed by atoms with Gasteiger partial charge in [0.1, 0.15) is 5.75 Å². The van der Waals surface area contributed by atoms with Crippen LogP contribution in [0.1, 0.15) is 32.6 Å². The lowest BCUT2D eigenvalue weighted by Gasteiger charge is -2.28. The molecule has 1 aliphatic rings. The lowest BCUT2D eigenvalue weighted by Crippen LogP contribution is -2.45. The van der Waals surface area contributed by atoms with Crippen LogP contribution in [0.25, 0.3) is 0 Å². The van der Waals surface area contributed by atoms with E-state index in [2.05, 4.69) is 18.8 Å². The smallest absolute Gasteiger partial charge is 0.243 e. The maximum absolute atomic E-state index is 12.8. The van der Waals surface area contributed by atoms with Crippen LogP contribution in [0.2, 0.25) is 0 Å². The maximum Gasteiger partial charge on any atom is 0.243 e. The molecule has 0 radical (unpaired) electrons. The van der Waals surface area contributed by atoms with Gasteiger partial charge in [0, 0.05) is 12.6 Å². The van der Waals surface area contributed by atoms with Gasteiger partial charge in [-0.3, -0.25) is 4.79 Å². The normalized spacial score (nSPS) is 20.6. The van der Waals surface area contributed by atoms with E-state index in [-0.39, 0.29) is 29.9 Å². The second-order valence-electron chi connectivity index (χ2n) is 6.79. The minimum absolute atomic E-state index is 0.0729. The van der Waals surface area contributed by atoms with Gasteiger partial charge in [0.25, 0.3) is 0 Å². The predicted molar refractivity (Wildman–Crippen MR) is 102 cm³/mol. The summed E-state index contributed by atoms with van der Waals surface area (Å²) in [7, 11) is -2.27. The molecule has 0 bridgehead atoms. The third-order valence-electron chi connectivity index (χ3n) is 4.73. The van der Waals surface area contributed by atoms with Crippen molar-refractivity contribution in [3.05, 3.63) is 36.9 Å². The van der Waals surface area contributed by atoms with E-state index in [4.69, 9.17) is 4.74 Å². The Morgan fingerprint density at radius 2 is 1.88 bits per heavy atom. The summed E-state index contributed by atoms with van der Waals surface area (Å²) in [6.45, 7) is 5.68. The van der Waals surface area contributed by atoms with Crippen molar-refractivity contribution < 1.29 is 17.9 Å². The molecule has 144 valence electrons. The highest BCUT2D eigenvalue weighted by Gasteiger charge is 2.27. The summed E-state index contributed by atoms with van der Waals surface area (Å²) in [6, 6.07) is 6.26. The molecule has 0 unspecified atom stereocenters. The fraction of sp³-hybridized carbons (Fsp3) is 0.526. The monoisotopic (exact) mass is 380 g/mol. The number of nitrogens with one attached hydrogen (secondary N) is 1. The molecule has 0 saturated heterocycles. The number of nitrogens with zero attached hydrogens (tertiary/aromatic N) is 1. The lowest BCUT2D eigenvalue weighted by molar-refractivity contribution is -0.122. The van der Waals surface area contributed by atoms with Crippen LogP contribution >= 0.6 is 0 Å². The maximum atomic E-state index is 12.8. The van der Waals surface area contributed by atoms with Gasteiger partial charge in [0.15, 0.2) is 0 Å². The second-order valence-corrected chi connectivity index (χ2v) is 8.72. The highest BCUT2D eigenvalue weighted by Crippen LogP contribution is 2.23. The lowest BCUT2D eigenvalue weighted by atomic mass is 9.87. The number of sulfonamides is 1. The van der Waals surface area contributed by atoms with Gasteiger partial charge in [-0.2, -0.15) is 4.31 Å². The molecule has 1 aliphatic carbocycles. The molecule has 1 fully saturated rings. The third kappa shape index (κ3) is 5.32. The number of hydrogen-bond acceptors (Lipinski definition) is 4. The molecule has 1 N–H and O–H groups in total. The molecule has 6 nitrogen and oxygen atoms in total. The first-order valence-electron chi connectivity index (χ1n) is 8.91. The SMILES string of the molecule is C=CCN(CC(=O)NC1CCC(C)CC1)S(=O)(=O)c1ccc(OC)cc1. The first-order valence-corrected chi connectivity index (χ1v) is 10.3. The highest BCUT2D eigenvalue weighted by atomic mass is 32.2. The summed E-state index contributed by atoms with van der Waals surface area (Å²) in [5, 5.41) is 2.97. The van der Waals surface area contributed by atoms with Crippen molar-refractivity contribution in [2.24, 2.45) is 5.92 Å². The number of carbonyl (C=O) groups is 1. The van der Waals surface area contributed by atoms with Gasteiger partial charge in [-0.25, -0.2) is 8.42 Å². The summed E-state index contributed by atoms with van der Waals surface area (Å²) >= 11 is 0. The van der Waals surface area contributed by atoms with Crippen molar-refractivity contribution in [1.82, 2.24) is 9.62 Å². The van der Waals surface area contributed by atoms with Crippen molar-refractivity contribution in [3.63, 3.8) is 0 Å². The molecule has 0 spiro atoms. The molecule has 0 heterocycles. The van der Waals surface area contributed by atoms with Crippen molar-refractivity contribution in [1.29, 1.82) is 0 Å². The quantitative estimate of drug-likeness (QED) is 0.703. The summed E-state index contributed by atoms with van der Waals surface area (Å²) in [5.74, 6) is 0.989. The van der Waals surface area contributed by atoms with Crippen LogP contribution in [0.15, 0.2) is 41.8 Å². The Bertz CT molecular complexity index is 708. The number of rotatable bonds is 8. The van der Waals surface area contributed by atoms with Gasteiger partial charge in [-0.15, -0.1) is 6.58 Å². The van der Waals surface area contributed by atoms with E-state index in [1.54, 1.807) is 12.1 Å². The van der Waals surface area contributed by atoms with Crippen molar-refractivity contribution in [2.45, 2.75) is 43.5 Å². The molecular weight excluding hydrogens is 352 g/mol. The van der Waals surface area contributed by atoms with Gasteiger partial charge in [0.2, 0.25) is 15.9 Å². The predicted octanol–water partition coefficient (Wildman–Crippen LogP) is 2.57. The van der Waals surface area contributed by atoms with E-state index in [0.29, 0.717) is 11.7 Å². The van der Waals surface area contributed by atoms with Crippen LogP contribution in [-0.2, 0) is 14.8 Å². The van der Waals surface area contributed by atoms with Crippen LogP contribution in [0, 0.1) is 5.92 Å². The van der Waals surface area contributed by atoms with Gasteiger partial charge >= 0.3 is 0 Å². The number of amides is 1. The summed E-state index contributed by atoms with van der Waals surface area (Å²) in [6.07, 6.45) is 5.55. The number of benzene rings is 1. The first kappa shape index (κ1) is 20.5. The zero-order valence-electron chi connectivity index (χ0n) is 15.5. The number of carbonyl (C=O) groups excluding carboxylic acids is 1. The topological polar surface area (TPSA) is 75.7 Å². The zero-order chi connectivity index (χ0) is 19.2. The Kier molecular flexibility index (Phi) is 7.23. The van der Waals surface area contributed by atoms with E-state index in [1.807, 2.05) is 0 Å². The average molecular weight is 381 g/mol. The van der Waals surface area contributed by atoms with Crippen molar-refractivity contribution >= 4 is 15.9 Å². The summed E-state index contributed by atoms with van der Waals surface area (Å²) in [5.41, 5.74) is 0. The Labute approximate surface area is 156 Å². The van der Waals surface area contributed by atoms with Crippen molar-refractivity contribution in [2.75, 3.05) is 20.2 Å². The van der Waals surface area contributed by atoms with Gasteiger partial charge in [0.05, 0.1) is 18.6 Å². The zero-order valence-corrected chi connectivity index (χ0v) is 16.3. The van der Waals surface area contributed by atoms with Crippen LogP contribution in [0.3, 0.4) is 0 Å². The van der Waals surface area contributed by atoms with Crippen LogP contribution in [0.5, 0.6) is 5.75 Å². The van der Waals surface area contributed by atoms with E-state index in [1.165, 1.54) is 25.3 Å². The molecule has 0 atom stereocenters. The first-order chi connectivity index (χ1) is 12.4. The average Bonchev–Trinajstić information content (AvgIpc) is 2.63. The fourth-order valence-electron chi connectivity index (χ4n) is 3.13. The molecule has 0 aliphatic heterocycles. The van der Waals surface area contributed by atoms with E-state index >= 15 is 0 Å². The molecule has 0 aromatic heterocycles. The molecule has 1 amide bonds. The van der Waals surface area contributed by atoms with E-state index in [9.17, 15) is 13.2 Å². The molecule has 26 heavy (non-hydrogen) atoms. The Balaban J connectivity index is 2.06. The molecule has 1 saturated carbocycles. The minimum Gasteiger partial charge on any atom is -0.497 e. The number of methoxy groups -OCH3 is 1. The van der Waals surface area contributed by atoms with Gasteiger partial charge in [-0.05, 0) is 55.9 Å². The number of hydrogen-bond donors (Lipinski definition) is 1. The van der Waals surface area contributed by atoms with Crippen LogP contribution in [-0.4, -0.2) is 44.9 Å². The van der Waals surface area contributed by atoms with Crippen molar-refractivity contribution in [3.8, 4) is 5.75 Å². The van der Waals surface area contributed by atoms with Gasteiger partial charge in [-0.1, -0.05) is 13.0 Å². The summed E-state index contributed by atoms with van der Waals surface area (Å²) in [4.78, 5) is 12.5. The van der Waals surface area contributed by atoms with Gasteiger partial charge < -0.3 is 10.1 Å². The molecule has 2 rings (SSSR count). The molecule has 1 aromatic carbocycles. The van der Waals surface area contributed by atoms with E-state index < -0.39 is 10.0 Å². The Hall–Kier alpha value is -1.86. The summed E-state index contributed by atoms with van der Waals surface area (Å²) < 4.78 is 31.9. The fourth-order valence-corrected chi connectivity index (χ4v) is 4.49.